The van der Waals surface area contributed by atoms with E-state index in [4.69, 9.17) is 19.2 Å². The van der Waals surface area contributed by atoms with E-state index in [0.29, 0.717) is 42.3 Å². The van der Waals surface area contributed by atoms with Gasteiger partial charge in [0.25, 0.3) is 0 Å². The number of methoxy groups -OCH3 is 3. The van der Waals surface area contributed by atoms with Crippen LogP contribution in [0.4, 0.5) is 0 Å². The SMILES string of the molecule is CCC1=C(C(=O)OC)[C@@H](c2ccc(OC)cc2OC)N2C(CC(=O)N3CCN(C)CC3)=CSC2=N1. The van der Waals surface area contributed by atoms with Crippen LogP contribution in [0.3, 0.4) is 0 Å². The number of esters is 1. The van der Waals surface area contributed by atoms with Gasteiger partial charge in [-0.2, -0.15) is 0 Å². The van der Waals surface area contributed by atoms with Gasteiger partial charge in [0.15, 0.2) is 5.17 Å². The van der Waals surface area contributed by atoms with Gasteiger partial charge in [-0.05, 0) is 31.0 Å². The van der Waals surface area contributed by atoms with E-state index in [-0.39, 0.29) is 12.3 Å². The lowest BCUT2D eigenvalue weighted by Crippen LogP contribution is -2.47. The van der Waals surface area contributed by atoms with Crippen LogP contribution in [0.1, 0.15) is 31.4 Å². The highest BCUT2D eigenvalue weighted by Gasteiger charge is 2.43. The molecule has 0 aliphatic carbocycles. The van der Waals surface area contributed by atoms with Crippen molar-refractivity contribution >= 4 is 28.8 Å². The van der Waals surface area contributed by atoms with Crippen LogP contribution in [0.15, 0.2) is 45.6 Å². The first-order valence-electron chi connectivity index (χ1n) is 11.6. The predicted molar refractivity (Wildman–Crippen MR) is 135 cm³/mol. The molecule has 1 amide bonds. The highest BCUT2D eigenvalue weighted by Crippen LogP contribution is 2.48. The minimum atomic E-state index is -0.549. The molecule has 0 unspecified atom stereocenters. The van der Waals surface area contributed by atoms with Gasteiger partial charge in [-0.3, -0.25) is 4.79 Å². The molecule has 0 aromatic heterocycles. The second-order valence-corrected chi connectivity index (χ2v) is 9.40. The van der Waals surface area contributed by atoms with E-state index in [1.54, 1.807) is 20.3 Å². The van der Waals surface area contributed by atoms with E-state index >= 15 is 0 Å². The van der Waals surface area contributed by atoms with Crippen molar-refractivity contribution in [3.63, 3.8) is 0 Å². The number of thioether (sulfide) groups is 1. The van der Waals surface area contributed by atoms with Crippen LogP contribution in [0.25, 0.3) is 0 Å². The summed E-state index contributed by atoms with van der Waals surface area (Å²) >= 11 is 1.47. The Kier molecular flexibility index (Phi) is 7.71. The summed E-state index contributed by atoms with van der Waals surface area (Å²) in [5, 5.41) is 2.70. The molecule has 1 saturated heterocycles. The van der Waals surface area contributed by atoms with E-state index in [1.807, 2.05) is 34.3 Å². The number of carbonyl (C=O) groups is 2. The van der Waals surface area contributed by atoms with Gasteiger partial charge in [0, 0.05) is 43.5 Å². The quantitative estimate of drug-likeness (QED) is 0.529. The fourth-order valence-electron chi connectivity index (χ4n) is 4.57. The number of nitrogens with zero attached hydrogens (tertiary/aromatic N) is 4. The van der Waals surface area contributed by atoms with E-state index in [9.17, 15) is 9.59 Å². The number of piperazine rings is 1. The third-order valence-electron chi connectivity index (χ3n) is 6.55. The lowest BCUT2D eigenvalue weighted by molar-refractivity contribution is -0.136. The molecule has 3 aliphatic heterocycles. The number of benzene rings is 1. The lowest BCUT2D eigenvalue weighted by Gasteiger charge is -2.38. The van der Waals surface area contributed by atoms with Crippen molar-refractivity contribution in [2.75, 3.05) is 54.6 Å². The standard InChI is InChI=1S/C25H32N4O5S/c1-6-19-22(24(31)34-5)23(18-8-7-17(32-3)14-20(18)33-4)29-16(15-35-25(29)26-19)13-21(30)28-11-9-27(2)10-12-28/h7-8,14-15,23H,6,9-13H2,1-5H3/t23-/m1/s1. The molecule has 0 N–H and O–H groups in total. The maximum atomic E-state index is 13.2. The number of ether oxygens (including phenoxy) is 3. The second kappa shape index (κ2) is 10.7. The molecule has 9 nitrogen and oxygen atoms in total. The molecule has 1 atom stereocenters. The normalized spacial score (nSPS) is 20.3. The van der Waals surface area contributed by atoms with Crippen LogP contribution in [-0.2, 0) is 14.3 Å². The number of carbonyl (C=O) groups excluding carboxylic acids is 2. The van der Waals surface area contributed by atoms with Crippen molar-refractivity contribution in [2.24, 2.45) is 4.99 Å². The van der Waals surface area contributed by atoms with E-state index < -0.39 is 12.0 Å². The maximum absolute atomic E-state index is 13.2. The molecule has 35 heavy (non-hydrogen) atoms. The van der Waals surface area contributed by atoms with Crippen LogP contribution in [-0.4, -0.2) is 86.3 Å². The summed E-state index contributed by atoms with van der Waals surface area (Å²) in [4.78, 5) is 37.2. The van der Waals surface area contributed by atoms with Gasteiger partial charge in [-0.1, -0.05) is 18.7 Å². The zero-order valence-corrected chi connectivity index (χ0v) is 21.7. The van der Waals surface area contributed by atoms with E-state index in [0.717, 1.165) is 29.5 Å². The zero-order valence-electron chi connectivity index (χ0n) is 20.9. The molecule has 0 bridgehead atoms. The highest BCUT2D eigenvalue weighted by molar-refractivity contribution is 8.16. The van der Waals surface area contributed by atoms with Gasteiger partial charge in [-0.15, -0.1) is 0 Å². The minimum Gasteiger partial charge on any atom is -0.497 e. The molecule has 0 radical (unpaired) electrons. The molecular weight excluding hydrogens is 468 g/mol. The number of aliphatic imine (C=N–C) groups is 1. The van der Waals surface area contributed by atoms with Crippen molar-refractivity contribution < 1.29 is 23.8 Å². The summed E-state index contributed by atoms with van der Waals surface area (Å²) in [5.74, 6) is 0.839. The number of likely N-dealkylation sites (N-methyl/N-ethyl adjacent to an activating group) is 1. The van der Waals surface area contributed by atoms with Crippen LogP contribution in [0.2, 0.25) is 0 Å². The first-order chi connectivity index (χ1) is 16.9. The largest absolute Gasteiger partial charge is 0.497 e. The van der Waals surface area contributed by atoms with E-state index in [1.165, 1.54) is 18.9 Å². The van der Waals surface area contributed by atoms with Gasteiger partial charge in [-0.25, -0.2) is 9.79 Å². The maximum Gasteiger partial charge on any atom is 0.338 e. The lowest BCUT2D eigenvalue weighted by atomic mass is 9.92. The van der Waals surface area contributed by atoms with Gasteiger partial charge in [0.2, 0.25) is 5.91 Å². The number of rotatable bonds is 7. The molecule has 3 heterocycles. The number of hydrogen-bond donors (Lipinski definition) is 0. The minimum absolute atomic E-state index is 0.0662. The van der Waals surface area contributed by atoms with Gasteiger partial charge >= 0.3 is 5.97 Å². The summed E-state index contributed by atoms with van der Waals surface area (Å²) in [6, 6.07) is 4.98. The first kappa shape index (κ1) is 25.1. The Bertz CT molecular complexity index is 1090. The fraction of sp³-hybridized carbons (Fsp3) is 0.480. The smallest absolute Gasteiger partial charge is 0.338 e. The number of hydrogen-bond acceptors (Lipinski definition) is 9. The van der Waals surface area contributed by atoms with Crippen LogP contribution in [0.5, 0.6) is 11.5 Å². The van der Waals surface area contributed by atoms with Crippen molar-refractivity contribution in [2.45, 2.75) is 25.8 Å². The van der Waals surface area contributed by atoms with Crippen LogP contribution in [0, 0.1) is 0 Å². The Labute approximate surface area is 210 Å². The van der Waals surface area contributed by atoms with Gasteiger partial charge in [0.05, 0.1) is 45.1 Å². The predicted octanol–water partition coefficient (Wildman–Crippen LogP) is 3.01. The molecule has 0 spiro atoms. The number of fused-ring (bicyclic) bond motifs is 1. The topological polar surface area (TPSA) is 83.9 Å². The summed E-state index contributed by atoms with van der Waals surface area (Å²) < 4.78 is 16.3. The summed E-state index contributed by atoms with van der Waals surface area (Å²) in [5.41, 5.74) is 2.69. The molecule has 4 rings (SSSR count). The number of allylic oxidation sites excluding steroid dienone is 1. The number of amidine groups is 1. The molecule has 1 fully saturated rings. The molecule has 188 valence electrons. The Morgan fingerprint density at radius 1 is 1.11 bits per heavy atom. The first-order valence-corrected chi connectivity index (χ1v) is 12.5. The molecule has 10 heteroatoms. The van der Waals surface area contributed by atoms with Crippen LogP contribution >= 0.6 is 11.8 Å². The molecule has 0 saturated carbocycles. The average molecular weight is 501 g/mol. The van der Waals surface area contributed by atoms with E-state index in [2.05, 4.69) is 11.9 Å². The Balaban J connectivity index is 1.75. The molecule has 3 aliphatic rings. The zero-order chi connectivity index (χ0) is 25.1. The van der Waals surface area contributed by atoms with Crippen molar-refractivity contribution in [3.8, 4) is 11.5 Å². The molecular formula is C25H32N4O5S. The Morgan fingerprint density at radius 2 is 1.86 bits per heavy atom. The van der Waals surface area contributed by atoms with Crippen LogP contribution < -0.4 is 9.47 Å². The molecule has 1 aromatic carbocycles. The summed E-state index contributed by atoms with van der Waals surface area (Å²) in [7, 11) is 6.62. The number of amides is 1. The monoisotopic (exact) mass is 500 g/mol. The summed E-state index contributed by atoms with van der Waals surface area (Å²) in [6.45, 7) is 5.10. The summed E-state index contributed by atoms with van der Waals surface area (Å²) in [6.07, 6.45) is 0.785. The van der Waals surface area contributed by atoms with Crippen molar-refractivity contribution in [1.82, 2.24) is 14.7 Å². The average Bonchev–Trinajstić information content (AvgIpc) is 3.29. The third-order valence-corrected chi connectivity index (χ3v) is 7.44. The highest BCUT2D eigenvalue weighted by atomic mass is 32.2. The van der Waals surface area contributed by atoms with Crippen molar-refractivity contribution in [1.29, 1.82) is 0 Å². The Morgan fingerprint density at radius 3 is 2.49 bits per heavy atom. The second-order valence-electron chi connectivity index (χ2n) is 8.57. The van der Waals surface area contributed by atoms with Crippen molar-refractivity contribution in [3.05, 3.63) is 46.1 Å². The fourth-order valence-corrected chi connectivity index (χ4v) is 5.51. The van der Waals surface area contributed by atoms with Gasteiger partial charge in [0.1, 0.15) is 11.5 Å². The molecule has 1 aromatic rings. The Hall–Kier alpha value is -2.98. The third kappa shape index (κ3) is 4.90. The van der Waals surface area contributed by atoms with Gasteiger partial charge < -0.3 is 28.9 Å².